The van der Waals surface area contributed by atoms with E-state index in [9.17, 15) is 4.79 Å². The maximum absolute atomic E-state index is 12.0. The van der Waals surface area contributed by atoms with Crippen LogP contribution in [0.4, 0.5) is 0 Å². The number of aromatic nitrogens is 2. The average molecular weight is 284 g/mol. The first-order valence-corrected chi connectivity index (χ1v) is 7.10. The van der Waals surface area contributed by atoms with Crippen LogP contribution >= 0.6 is 0 Å². The normalized spacial score (nSPS) is 11.2. The molecule has 1 aromatic heterocycles. The van der Waals surface area contributed by atoms with Gasteiger partial charge in [0.1, 0.15) is 11.6 Å². The van der Waals surface area contributed by atoms with Crippen molar-refractivity contribution in [3.63, 3.8) is 0 Å². The lowest BCUT2D eigenvalue weighted by Gasteiger charge is -2.08. The van der Waals surface area contributed by atoms with Gasteiger partial charge in [-0.25, -0.2) is 4.98 Å². The van der Waals surface area contributed by atoms with Gasteiger partial charge in [0.2, 0.25) is 0 Å². The molecule has 0 spiro atoms. The predicted molar refractivity (Wildman–Crippen MR) is 83.3 cm³/mol. The molecule has 0 aliphatic carbocycles. The number of hydrogen-bond donors (Lipinski definition) is 1. The van der Waals surface area contributed by atoms with Crippen molar-refractivity contribution < 1.29 is 9.53 Å². The van der Waals surface area contributed by atoms with Crippen LogP contribution in [-0.2, 0) is 0 Å². The number of nitrogens with one attached hydrogen (secondary N) is 1. The van der Waals surface area contributed by atoms with Gasteiger partial charge in [-0.1, -0.05) is 13.8 Å². The Kier molecular flexibility index (Phi) is 5.32. The topological polar surface area (TPSA) is 55.0 Å². The minimum Gasteiger partial charge on any atom is -0.494 e. The van der Waals surface area contributed by atoms with Crippen LogP contribution in [0.1, 0.15) is 36.5 Å². The molecule has 1 N–H and O–H groups in total. The minimum absolute atomic E-state index is 0.0554. The molecule has 1 heterocycles. The molecule has 0 radical (unpaired) electrons. The first kappa shape index (κ1) is 15.0. The van der Waals surface area contributed by atoms with Crippen LogP contribution in [0.5, 0.6) is 5.75 Å². The second-order valence-corrected chi connectivity index (χ2v) is 5.23. The molecule has 2 rings (SSSR count). The van der Waals surface area contributed by atoms with Gasteiger partial charge in [0, 0.05) is 18.0 Å². The Morgan fingerprint density at radius 1 is 1.33 bits per heavy atom. The molecule has 0 atom stereocenters. The van der Waals surface area contributed by atoms with E-state index in [1.807, 2.05) is 12.1 Å². The molecule has 2 aromatic rings. The fraction of sp³-hybridized carbons (Fsp3) is 0.294. The summed E-state index contributed by atoms with van der Waals surface area (Å²) in [4.78, 5) is 18.9. The second-order valence-electron chi connectivity index (χ2n) is 5.23. The third kappa shape index (κ3) is 4.91. The van der Waals surface area contributed by atoms with Crippen LogP contribution in [0.3, 0.4) is 0 Å². The Balaban J connectivity index is 1.90. The predicted octanol–water partition coefficient (Wildman–Crippen LogP) is 3.73. The van der Waals surface area contributed by atoms with Crippen LogP contribution in [0.2, 0.25) is 0 Å². The van der Waals surface area contributed by atoms with Crippen molar-refractivity contribution in [3.8, 4) is 5.75 Å². The monoisotopic (exact) mass is 284 g/mol. The summed E-state index contributed by atoms with van der Waals surface area (Å²) in [6.45, 7) is 5.02. The van der Waals surface area contributed by atoms with E-state index in [2.05, 4.69) is 23.8 Å². The van der Waals surface area contributed by atoms with E-state index in [-0.39, 0.29) is 5.78 Å². The first-order valence-electron chi connectivity index (χ1n) is 7.10. The van der Waals surface area contributed by atoms with E-state index in [1.54, 1.807) is 30.6 Å². The zero-order valence-electron chi connectivity index (χ0n) is 12.4. The van der Waals surface area contributed by atoms with E-state index in [4.69, 9.17) is 4.74 Å². The number of imidazole rings is 1. The van der Waals surface area contributed by atoms with E-state index in [1.165, 1.54) is 6.08 Å². The number of nitrogens with zero attached hydrogens (tertiary/aromatic N) is 1. The summed E-state index contributed by atoms with van der Waals surface area (Å²) in [6, 6.07) is 7.21. The van der Waals surface area contributed by atoms with E-state index >= 15 is 0 Å². The van der Waals surface area contributed by atoms with Gasteiger partial charge in [-0.15, -0.1) is 0 Å². The summed E-state index contributed by atoms with van der Waals surface area (Å²) >= 11 is 0. The highest BCUT2D eigenvalue weighted by Crippen LogP contribution is 2.14. The second kappa shape index (κ2) is 7.43. The Morgan fingerprint density at radius 3 is 2.71 bits per heavy atom. The lowest BCUT2D eigenvalue weighted by molar-refractivity contribution is 0.104. The molecule has 0 bridgehead atoms. The molecule has 0 amide bonds. The third-order valence-electron chi connectivity index (χ3n) is 3.01. The number of rotatable bonds is 7. The van der Waals surface area contributed by atoms with E-state index in [0.717, 1.165) is 12.2 Å². The molecule has 4 heteroatoms. The third-order valence-corrected chi connectivity index (χ3v) is 3.01. The van der Waals surface area contributed by atoms with Crippen molar-refractivity contribution in [2.75, 3.05) is 6.61 Å². The van der Waals surface area contributed by atoms with Crippen LogP contribution in [-0.4, -0.2) is 22.4 Å². The van der Waals surface area contributed by atoms with Crippen LogP contribution in [0.15, 0.2) is 42.7 Å². The van der Waals surface area contributed by atoms with Crippen molar-refractivity contribution in [1.82, 2.24) is 9.97 Å². The van der Waals surface area contributed by atoms with Gasteiger partial charge >= 0.3 is 0 Å². The SMILES string of the molecule is CC(C)CCOc1ccc(C(=O)/C=C/c2ncc[nH]2)cc1. The Bertz CT molecular complexity index is 584. The maximum atomic E-state index is 12.0. The Morgan fingerprint density at radius 2 is 2.10 bits per heavy atom. The van der Waals surface area contributed by atoms with Gasteiger partial charge in [-0.3, -0.25) is 4.79 Å². The van der Waals surface area contributed by atoms with Gasteiger partial charge < -0.3 is 9.72 Å². The number of benzene rings is 1. The molecule has 4 nitrogen and oxygen atoms in total. The Labute approximate surface area is 124 Å². The average Bonchev–Trinajstić information content (AvgIpc) is 2.98. The van der Waals surface area contributed by atoms with Crippen molar-refractivity contribution in [1.29, 1.82) is 0 Å². The molecule has 0 saturated heterocycles. The quantitative estimate of drug-likeness (QED) is 0.622. The standard InChI is InChI=1S/C17H20N2O2/c1-13(2)9-12-21-15-5-3-14(4-6-15)16(20)7-8-17-18-10-11-19-17/h3-8,10-11,13H,9,12H2,1-2H3,(H,18,19)/b8-7+. The Hall–Kier alpha value is -2.36. The van der Waals surface area contributed by atoms with Crippen molar-refractivity contribution in [2.24, 2.45) is 5.92 Å². The number of aromatic amines is 1. The highest BCUT2D eigenvalue weighted by molar-refractivity contribution is 6.06. The number of hydrogen-bond acceptors (Lipinski definition) is 3. The van der Waals surface area contributed by atoms with Gasteiger partial charge in [0.25, 0.3) is 0 Å². The number of H-pyrrole nitrogens is 1. The summed E-state index contributed by atoms with van der Waals surface area (Å²) in [6.07, 6.45) is 7.55. The molecule has 0 fully saturated rings. The van der Waals surface area contributed by atoms with Gasteiger partial charge in [-0.2, -0.15) is 0 Å². The number of ketones is 1. The lowest BCUT2D eigenvalue weighted by Crippen LogP contribution is -2.01. The molecular weight excluding hydrogens is 264 g/mol. The smallest absolute Gasteiger partial charge is 0.185 e. The van der Waals surface area contributed by atoms with Crippen molar-refractivity contribution >= 4 is 11.9 Å². The van der Waals surface area contributed by atoms with Crippen LogP contribution < -0.4 is 4.74 Å². The zero-order chi connectivity index (χ0) is 15.1. The summed E-state index contributed by atoms with van der Waals surface area (Å²) in [5.41, 5.74) is 0.633. The van der Waals surface area contributed by atoms with Gasteiger partial charge in [0.05, 0.1) is 6.61 Å². The number of carbonyl (C=O) groups excluding carboxylic acids is 1. The molecule has 110 valence electrons. The molecule has 0 aliphatic rings. The molecular formula is C17H20N2O2. The zero-order valence-corrected chi connectivity index (χ0v) is 12.4. The van der Waals surface area contributed by atoms with Gasteiger partial charge in [-0.05, 0) is 48.8 Å². The highest BCUT2D eigenvalue weighted by Gasteiger charge is 2.03. The minimum atomic E-state index is -0.0554. The molecule has 21 heavy (non-hydrogen) atoms. The summed E-state index contributed by atoms with van der Waals surface area (Å²) in [7, 11) is 0. The van der Waals surface area contributed by atoms with Gasteiger partial charge in [0.15, 0.2) is 5.78 Å². The van der Waals surface area contributed by atoms with Crippen LogP contribution in [0, 0.1) is 5.92 Å². The largest absolute Gasteiger partial charge is 0.494 e. The number of allylic oxidation sites excluding steroid dienone is 1. The van der Waals surface area contributed by atoms with E-state index < -0.39 is 0 Å². The molecule has 1 aromatic carbocycles. The fourth-order valence-corrected chi connectivity index (χ4v) is 1.75. The summed E-state index contributed by atoms with van der Waals surface area (Å²) in [5, 5.41) is 0. The maximum Gasteiger partial charge on any atom is 0.185 e. The van der Waals surface area contributed by atoms with Crippen molar-refractivity contribution in [3.05, 3.63) is 54.1 Å². The molecule has 0 unspecified atom stereocenters. The van der Waals surface area contributed by atoms with E-state index in [0.29, 0.717) is 23.9 Å². The van der Waals surface area contributed by atoms with Crippen molar-refractivity contribution in [2.45, 2.75) is 20.3 Å². The fourth-order valence-electron chi connectivity index (χ4n) is 1.75. The summed E-state index contributed by atoms with van der Waals surface area (Å²) < 4.78 is 5.63. The number of carbonyl (C=O) groups is 1. The lowest BCUT2D eigenvalue weighted by atomic mass is 10.1. The summed E-state index contributed by atoms with van der Waals surface area (Å²) in [5.74, 6) is 2.02. The molecule has 0 saturated carbocycles. The first-order chi connectivity index (χ1) is 10.1. The number of ether oxygens (including phenoxy) is 1. The highest BCUT2D eigenvalue weighted by atomic mass is 16.5. The van der Waals surface area contributed by atoms with Crippen LogP contribution in [0.25, 0.3) is 6.08 Å². The molecule has 0 aliphatic heterocycles.